The van der Waals surface area contributed by atoms with Gasteiger partial charge in [-0.3, -0.25) is 4.79 Å². The van der Waals surface area contributed by atoms with Gasteiger partial charge in [-0.15, -0.1) is 0 Å². The zero-order chi connectivity index (χ0) is 8.43. The average molecular weight is 156 g/mol. The second-order valence-electron chi connectivity index (χ2n) is 3.43. The fourth-order valence-electron chi connectivity index (χ4n) is 1.42. The Morgan fingerprint density at radius 2 is 2.36 bits per heavy atom. The number of hydrogen-bond donors (Lipinski definition) is 1. The first-order valence-electron chi connectivity index (χ1n) is 4.11. The highest BCUT2D eigenvalue weighted by Crippen LogP contribution is 2.18. The van der Waals surface area contributed by atoms with E-state index in [9.17, 15) is 4.79 Å². The topological polar surface area (TPSA) is 46.3 Å². The molecule has 0 bridgehead atoms. The van der Waals surface area contributed by atoms with Gasteiger partial charge in [-0.2, -0.15) is 0 Å². The fourth-order valence-corrected chi connectivity index (χ4v) is 1.42. The maximum absolute atomic E-state index is 11.2. The number of hydrogen-bond acceptors (Lipinski definition) is 2. The Morgan fingerprint density at radius 1 is 1.73 bits per heavy atom. The highest BCUT2D eigenvalue weighted by Gasteiger charge is 2.25. The predicted molar refractivity (Wildman–Crippen MR) is 44.0 cm³/mol. The Balaban J connectivity index is 2.46. The molecule has 11 heavy (non-hydrogen) atoms. The molecule has 1 heterocycles. The number of carbonyl (C=O) groups excluding carboxylic acids is 1. The van der Waals surface area contributed by atoms with Crippen molar-refractivity contribution in [3.8, 4) is 0 Å². The maximum atomic E-state index is 11.2. The summed E-state index contributed by atoms with van der Waals surface area (Å²) in [5.74, 6) is 0.636. The van der Waals surface area contributed by atoms with Crippen LogP contribution in [0.3, 0.4) is 0 Å². The standard InChI is InChI=1S/C8H16N2O/c1-6(9)7-3-4-10(2)8(11)5-7/h6-7H,3-5,9H2,1-2H3. The molecule has 3 nitrogen and oxygen atoms in total. The van der Waals surface area contributed by atoms with Crippen molar-refractivity contribution in [2.75, 3.05) is 13.6 Å². The largest absolute Gasteiger partial charge is 0.346 e. The van der Waals surface area contributed by atoms with Crippen LogP contribution < -0.4 is 5.73 Å². The van der Waals surface area contributed by atoms with Crippen LogP contribution in [0.2, 0.25) is 0 Å². The van der Waals surface area contributed by atoms with Crippen molar-refractivity contribution in [2.24, 2.45) is 11.7 Å². The lowest BCUT2D eigenvalue weighted by molar-refractivity contribution is -0.133. The molecule has 1 rings (SSSR count). The predicted octanol–water partition coefficient (Wildman–Crippen LogP) is 0.202. The quantitative estimate of drug-likeness (QED) is 0.589. The molecule has 2 unspecified atom stereocenters. The van der Waals surface area contributed by atoms with E-state index in [-0.39, 0.29) is 11.9 Å². The Kier molecular flexibility index (Phi) is 2.49. The zero-order valence-electron chi connectivity index (χ0n) is 7.21. The lowest BCUT2D eigenvalue weighted by atomic mass is 9.91. The number of likely N-dealkylation sites (tertiary alicyclic amines) is 1. The van der Waals surface area contributed by atoms with E-state index in [0.717, 1.165) is 13.0 Å². The summed E-state index contributed by atoms with van der Waals surface area (Å²) in [6, 6.07) is 0.160. The summed E-state index contributed by atoms with van der Waals surface area (Å²) in [5, 5.41) is 0. The van der Waals surface area contributed by atoms with Crippen molar-refractivity contribution in [1.29, 1.82) is 0 Å². The summed E-state index contributed by atoms with van der Waals surface area (Å²) in [7, 11) is 1.85. The number of amides is 1. The molecule has 1 aliphatic heterocycles. The first-order valence-corrected chi connectivity index (χ1v) is 4.11. The van der Waals surface area contributed by atoms with Gasteiger partial charge in [-0.25, -0.2) is 0 Å². The smallest absolute Gasteiger partial charge is 0.222 e. The van der Waals surface area contributed by atoms with Crippen LogP contribution in [0, 0.1) is 5.92 Å². The lowest BCUT2D eigenvalue weighted by Crippen LogP contribution is -2.41. The molecule has 0 aliphatic carbocycles. The van der Waals surface area contributed by atoms with E-state index in [0.29, 0.717) is 12.3 Å². The number of rotatable bonds is 1. The van der Waals surface area contributed by atoms with E-state index in [1.165, 1.54) is 0 Å². The van der Waals surface area contributed by atoms with E-state index in [1.54, 1.807) is 4.90 Å². The van der Waals surface area contributed by atoms with E-state index in [4.69, 9.17) is 5.73 Å². The summed E-state index contributed by atoms with van der Waals surface area (Å²) in [5.41, 5.74) is 5.70. The van der Waals surface area contributed by atoms with Crippen LogP contribution in [-0.2, 0) is 4.79 Å². The SMILES string of the molecule is CC(N)C1CCN(C)C(=O)C1. The van der Waals surface area contributed by atoms with Gasteiger partial charge < -0.3 is 10.6 Å². The van der Waals surface area contributed by atoms with E-state index in [2.05, 4.69) is 0 Å². The van der Waals surface area contributed by atoms with Gasteiger partial charge in [-0.1, -0.05) is 0 Å². The van der Waals surface area contributed by atoms with Crippen LogP contribution in [0.5, 0.6) is 0 Å². The molecule has 1 fully saturated rings. The molecule has 0 spiro atoms. The lowest BCUT2D eigenvalue weighted by Gasteiger charge is -2.30. The van der Waals surface area contributed by atoms with Crippen LogP contribution in [0.1, 0.15) is 19.8 Å². The van der Waals surface area contributed by atoms with Crippen molar-refractivity contribution >= 4 is 5.91 Å². The number of carbonyl (C=O) groups is 1. The Labute approximate surface area is 67.5 Å². The molecule has 1 saturated heterocycles. The third-order valence-electron chi connectivity index (χ3n) is 2.44. The van der Waals surface area contributed by atoms with Crippen molar-refractivity contribution in [3.05, 3.63) is 0 Å². The molecular weight excluding hydrogens is 140 g/mol. The van der Waals surface area contributed by atoms with Crippen molar-refractivity contribution in [3.63, 3.8) is 0 Å². The van der Waals surface area contributed by atoms with Gasteiger partial charge in [0.15, 0.2) is 0 Å². The van der Waals surface area contributed by atoms with Crippen LogP contribution in [0.4, 0.5) is 0 Å². The van der Waals surface area contributed by atoms with Gasteiger partial charge in [0.25, 0.3) is 0 Å². The minimum atomic E-state index is 0.160. The Morgan fingerprint density at radius 3 is 2.82 bits per heavy atom. The second-order valence-corrected chi connectivity index (χ2v) is 3.43. The van der Waals surface area contributed by atoms with E-state index in [1.807, 2.05) is 14.0 Å². The van der Waals surface area contributed by atoms with Gasteiger partial charge in [0.1, 0.15) is 0 Å². The van der Waals surface area contributed by atoms with Gasteiger partial charge >= 0.3 is 0 Å². The molecule has 0 aromatic rings. The fraction of sp³-hybridized carbons (Fsp3) is 0.875. The monoisotopic (exact) mass is 156 g/mol. The normalized spacial score (nSPS) is 28.8. The van der Waals surface area contributed by atoms with Gasteiger partial charge in [0.05, 0.1) is 0 Å². The van der Waals surface area contributed by atoms with E-state index < -0.39 is 0 Å². The minimum absolute atomic E-state index is 0.160. The summed E-state index contributed by atoms with van der Waals surface area (Å²) in [6.45, 7) is 2.84. The summed E-state index contributed by atoms with van der Waals surface area (Å²) >= 11 is 0. The second kappa shape index (κ2) is 3.22. The average Bonchev–Trinajstić information content (AvgIpc) is 1.94. The first kappa shape index (κ1) is 8.53. The van der Waals surface area contributed by atoms with Crippen LogP contribution >= 0.6 is 0 Å². The third kappa shape index (κ3) is 1.93. The van der Waals surface area contributed by atoms with Crippen LogP contribution in [0.25, 0.3) is 0 Å². The van der Waals surface area contributed by atoms with Crippen LogP contribution in [0.15, 0.2) is 0 Å². The van der Waals surface area contributed by atoms with Gasteiger partial charge in [0.2, 0.25) is 5.91 Å². The zero-order valence-corrected chi connectivity index (χ0v) is 7.21. The minimum Gasteiger partial charge on any atom is -0.346 e. The van der Waals surface area contributed by atoms with Crippen molar-refractivity contribution in [2.45, 2.75) is 25.8 Å². The molecule has 0 saturated carbocycles. The van der Waals surface area contributed by atoms with E-state index >= 15 is 0 Å². The molecule has 0 aromatic carbocycles. The molecule has 1 aliphatic rings. The Hall–Kier alpha value is -0.570. The molecule has 0 radical (unpaired) electrons. The Bertz CT molecular complexity index is 156. The molecule has 64 valence electrons. The highest BCUT2D eigenvalue weighted by atomic mass is 16.2. The summed E-state index contributed by atoms with van der Waals surface area (Å²) < 4.78 is 0. The molecular formula is C8H16N2O. The maximum Gasteiger partial charge on any atom is 0.222 e. The molecule has 2 atom stereocenters. The van der Waals surface area contributed by atoms with Gasteiger partial charge in [-0.05, 0) is 19.3 Å². The van der Waals surface area contributed by atoms with Crippen molar-refractivity contribution in [1.82, 2.24) is 4.90 Å². The van der Waals surface area contributed by atoms with Crippen molar-refractivity contribution < 1.29 is 4.79 Å². The molecule has 3 heteroatoms. The summed E-state index contributed by atoms with van der Waals surface area (Å²) in [6.07, 6.45) is 1.69. The summed E-state index contributed by atoms with van der Waals surface area (Å²) in [4.78, 5) is 13.0. The first-order chi connectivity index (χ1) is 5.11. The molecule has 1 amide bonds. The molecule has 0 aromatic heterocycles. The number of nitrogens with two attached hydrogens (primary N) is 1. The van der Waals surface area contributed by atoms with Gasteiger partial charge in [0, 0.05) is 26.1 Å². The third-order valence-corrected chi connectivity index (χ3v) is 2.44. The van der Waals surface area contributed by atoms with Crippen LogP contribution in [-0.4, -0.2) is 30.4 Å². The molecule has 2 N–H and O–H groups in total. The number of piperidine rings is 1. The number of nitrogens with zero attached hydrogens (tertiary/aromatic N) is 1. The highest BCUT2D eigenvalue weighted by molar-refractivity contribution is 5.76.